The lowest BCUT2D eigenvalue weighted by Crippen LogP contribution is -2.46. The van der Waals surface area contributed by atoms with Crippen molar-refractivity contribution in [2.75, 3.05) is 6.54 Å². The lowest BCUT2D eigenvalue weighted by Gasteiger charge is -2.28. The Morgan fingerprint density at radius 3 is 2.88 bits per heavy atom. The van der Waals surface area contributed by atoms with Crippen LogP contribution in [0.1, 0.15) is 41.6 Å². The molecule has 0 spiro atoms. The zero-order valence-electron chi connectivity index (χ0n) is 10.7. The molecular weight excluding hydrogens is 216 g/mol. The first-order valence-electron chi connectivity index (χ1n) is 6.17. The summed E-state index contributed by atoms with van der Waals surface area (Å²) < 4.78 is 5.42. The summed E-state index contributed by atoms with van der Waals surface area (Å²) in [4.78, 5) is 12.0. The number of carbonyl (C=O) groups is 1. The summed E-state index contributed by atoms with van der Waals surface area (Å²) in [7, 11) is 0. The molecule has 1 aliphatic heterocycles. The van der Waals surface area contributed by atoms with Gasteiger partial charge in [-0.15, -0.1) is 0 Å². The van der Waals surface area contributed by atoms with E-state index in [-0.39, 0.29) is 11.9 Å². The summed E-state index contributed by atoms with van der Waals surface area (Å²) in [5.41, 5.74) is 0.905. The summed E-state index contributed by atoms with van der Waals surface area (Å²) in [5.74, 6) is 1.15. The van der Waals surface area contributed by atoms with Gasteiger partial charge in [0.05, 0.1) is 0 Å². The van der Waals surface area contributed by atoms with Gasteiger partial charge in [0, 0.05) is 17.6 Å². The SMILES string of the molecule is Cc1cc(C)c(C(=O)NC2CCNC(C)C2)o1. The Labute approximate surface area is 102 Å². The van der Waals surface area contributed by atoms with E-state index in [1.807, 2.05) is 19.9 Å². The number of furan rings is 1. The van der Waals surface area contributed by atoms with E-state index < -0.39 is 0 Å². The zero-order chi connectivity index (χ0) is 12.4. The van der Waals surface area contributed by atoms with E-state index in [9.17, 15) is 4.79 Å². The van der Waals surface area contributed by atoms with Crippen LogP contribution in [0.15, 0.2) is 10.5 Å². The average Bonchev–Trinajstić information content (AvgIpc) is 2.58. The van der Waals surface area contributed by atoms with Crippen LogP contribution in [0.5, 0.6) is 0 Å². The van der Waals surface area contributed by atoms with Crippen molar-refractivity contribution in [1.29, 1.82) is 0 Å². The maximum absolute atomic E-state index is 12.0. The molecule has 0 saturated carbocycles. The second kappa shape index (κ2) is 4.92. The van der Waals surface area contributed by atoms with Crippen molar-refractivity contribution < 1.29 is 9.21 Å². The third-order valence-corrected chi connectivity index (χ3v) is 3.21. The molecule has 1 aromatic heterocycles. The Kier molecular flexibility index (Phi) is 3.52. The first-order valence-corrected chi connectivity index (χ1v) is 6.17. The van der Waals surface area contributed by atoms with Crippen LogP contribution in [0.3, 0.4) is 0 Å². The first-order chi connectivity index (χ1) is 8.06. The highest BCUT2D eigenvalue weighted by Crippen LogP contribution is 2.15. The Morgan fingerprint density at radius 1 is 1.53 bits per heavy atom. The number of nitrogens with one attached hydrogen (secondary N) is 2. The second-order valence-electron chi connectivity index (χ2n) is 4.92. The van der Waals surface area contributed by atoms with Crippen LogP contribution >= 0.6 is 0 Å². The number of piperidine rings is 1. The molecular formula is C13H20N2O2. The largest absolute Gasteiger partial charge is 0.456 e. The Bertz CT molecular complexity index is 412. The molecule has 1 amide bonds. The maximum atomic E-state index is 12.0. The van der Waals surface area contributed by atoms with Crippen LogP contribution in [-0.4, -0.2) is 24.5 Å². The van der Waals surface area contributed by atoms with Crippen molar-refractivity contribution in [3.8, 4) is 0 Å². The highest BCUT2D eigenvalue weighted by molar-refractivity contribution is 5.93. The Balaban J connectivity index is 1.99. The Morgan fingerprint density at radius 2 is 2.29 bits per heavy atom. The maximum Gasteiger partial charge on any atom is 0.287 e. The second-order valence-corrected chi connectivity index (χ2v) is 4.92. The highest BCUT2D eigenvalue weighted by Gasteiger charge is 2.22. The van der Waals surface area contributed by atoms with Gasteiger partial charge in [0.15, 0.2) is 5.76 Å². The lowest BCUT2D eigenvalue weighted by molar-refractivity contribution is 0.0895. The molecule has 0 aliphatic carbocycles. The van der Waals surface area contributed by atoms with Crippen molar-refractivity contribution in [2.45, 2.75) is 45.7 Å². The van der Waals surface area contributed by atoms with Gasteiger partial charge in [-0.2, -0.15) is 0 Å². The molecule has 94 valence electrons. The van der Waals surface area contributed by atoms with Crippen molar-refractivity contribution >= 4 is 5.91 Å². The van der Waals surface area contributed by atoms with Crippen molar-refractivity contribution in [3.63, 3.8) is 0 Å². The molecule has 2 heterocycles. The van der Waals surface area contributed by atoms with E-state index in [4.69, 9.17) is 4.42 Å². The molecule has 4 heteroatoms. The lowest BCUT2D eigenvalue weighted by atomic mass is 10.0. The molecule has 2 unspecified atom stereocenters. The standard InChI is InChI=1S/C13H20N2O2/c1-8-6-10(3)17-12(8)13(16)15-11-4-5-14-9(2)7-11/h6,9,11,14H,4-5,7H2,1-3H3,(H,15,16). The summed E-state index contributed by atoms with van der Waals surface area (Å²) in [5, 5.41) is 6.41. The topological polar surface area (TPSA) is 54.3 Å². The fourth-order valence-electron chi connectivity index (χ4n) is 2.38. The van der Waals surface area contributed by atoms with Crippen LogP contribution < -0.4 is 10.6 Å². The van der Waals surface area contributed by atoms with E-state index in [0.29, 0.717) is 11.8 Å². The van der Waals surface area contributed by atoms with Gasteiger partial charge in [-0.25, -0.2) is 0 Å². The predicted molar refractivity (Wildman–Crippen MR) is 66.1 cm³/mol. The van der Waals surface area contributed by atoms with Gasteiger partial charge in [0.2, 0.25) is 0 Å². The molecule has 1 aliphatic rings. The van der Waals surface area contributed by atoms with Crippen LogP contribution in [0, 0.1) is 13.8 Å². The molecule has 0 aromatic carbocycles. The monoisotopic (exact) mass is 236 g/mol. The van der Waals surface area contributed by atoms with E-state index in [2.05, 4.69) is 17.6 Å². The molecule has 1 saturated heterocycles. The number of hydrogen-bond donors (Lipinski definition) is 2. The minimum absolute atomic E-state index is 0.0882. The third kappa shape index (κ3) is 2.88. The van der Waals surface area contributed by atoms with Gasteiger partial charge < -0.3 is 15.1 Å². The molecule has 17 heavy (non-hydrogen) atoms. The highest BCUT2D eigenvalue weighted by atomic mass is 16.3. The molecule has 0 bridgehead atoms. The molecule has 4 nitrogen and oxygen atoms in total. The number of amides is 1. The fraction of sp³-hybridized carbons (Fsp3) is 0.615. The number of aryl methyl sites for hydroxylation is 2. The van der Waals surface area contributed by atoms with E-state index in [1.165, 1.54) is 0 Å². The molecule has 2 N–H and O–H groups in total. The van der Waals surface area contributed by atoms with Crippen molar-refractivity contribution in [1.82, 2.24) is 10.6 Å². The molecule has 2 atom stereocenters. The first kappa shape index (κ1) is 12.2. The Hall–Kier alpha value is -1.29. The summed E-state index contributed by atoms with van der Waals surface area (Å²) in [6.45, 7) is 6.86. The number of rotatable bonds is 2. The smallest absolute Gasteiger partial charge is 0.287 e. The summed E-state index contributed by atoms with van der Waals surface area (Å²) in [6, 6.07) is 2.61. The normalized spacial score (nSPS) is 24.6. The van der Waals surface area contributed by atoms with Crippen LogP contribution in [0.25, 0.3) is 0 Å². The summed E-state index contributed by atoms with van der Waals surface area (Å²) in [6.07, 6.45) is 1.96. The van der Waals surface area contributed by atoms with Gasteiger partial charge in [-0.05, 0) is 46.2 Å². The van der Waals surface area contributed by atoms with Gasteiger partial charge >= 0.3 is 0 Å². The van der Waals surface area contributed by atoms with Crippen LogP contribution in [0.4, 0.5) is 0 Å². The molecule has 1 aromatic rings. The predicted octanol–water partition coefficient (Wildman–Crippen LogP) is 1.77. The number of carbonyl (C=O) groups excluding carboxylic acids is 1. The fourth-order valence-corrected chi connectivity index (χ4v) is 2.38. The van der Waals surface area contributed by atoms with Crippen molar-refractivity contribution in [2.24, 2.45) is 0 Å². The summed E-state index contributed by atoms with van der Waals surface area (Å²) >= 11 is 0. The van der Waals surface area contributed by atoms with Crippen LogP contribution in [-0.2, 0) is 0 Å². The minimum Gasteiger partial charge on any atom is -0.456 e. The van der Waals surface area contributed by atoms with E-state index in [1.54, 1.807) is 0 Å². The molecule has 0 radical (unpaired) electrons. The van der Waals surface area contributed by atoms with E-state index >= 15 is 0 Å². The van der Waals surface area contributed by atoms with Crippen LogP contribution in [0.2, 0.25) is 0 Å². The average molecular weight is 236 g/mol. The quantitative estimate of drug-likeness (QED) is 0.822. The number of hydrogen-bond acceptors (Lipinski definition) is 3. The third-order valence-electron chi connectivity index (χ3n) is 3.21. The van der Waals surface area contributed by atoms with Crippen molar-refractivity contribution in [3.05, 3.63) is 23.2 Å². The van der Waals surface area contributed by atoms with Gasteiger partial charge in [-0.3, -0.25) is 4.79 Å². The molecule has 2 rings (SSSR count). The van der Waals surface area contributed by atoms with Gasteiger partial charge in [0.25, 0.3) is 5.91 Å². The zero-order valence-corrected chi connectivity index (χ0v) is 10.7. The molecule has 1 fully saturated rings. The van der Waals surface area contributed by atoms with Gasteiger partial charge in [0.1, 0.15) is 5.76 Å². The minimum atomic E-state index is -0.0882. The van der Waals surface area contributed by atoms with Gasteiger partial charge in [-0.1, -0.05) is 0 Å². The van der Waals surface area contributed by atoms with E-state index in [0.717, 1.165) is 30.7 Å².